The number of aliphatic hydroxyl groups is 1. The lowest BCUT2D eigenvalue weighted by atomic mass is 9.65. The number of nitrogens with zero attached hydrogens (tertiary/aromatic N) is 1. The van der Waals surface area contributed by atoms with E-state index in [0.29, 0.717) is 12.3 Å². The van der Waals surface area contributed by atoms with Crippen molar-refractivity contribution in [3.05, 3.63) is 24.3 Å². The molecule has 3 saturated heterocycles. The van der Waals surface area contributed by atoms with E-state index in [2.05, 4.69) is 38.3 Å². The zero-order chi connectivity index (χ0) is 31.2. The number of fused-ring (bicyclic) bond motifs is 1. The second kappa shape index (κ2) is 12.0. The van der Waals surface area contributed by atoms with E-state index in [1.54, 1.807) is 16.7 Å². The van der Waals surface area contributed by atoms with Crippen molar-refractivity contribution in [2.24, 2.45) is 29.1 Å². The molecule has 0 aliphatic carbocycles. The summed E-state index contributed by atoms with van der Waals surface area (Å²) in [6.45, 7) is 18.9. The highest BCUT2D eigenvalue weighted by molar-refractivity contribution is 8.02. The van der Waals surface area contributed by atoms with Crippen LogP contribution in [-0.4, -0.2) is 68.6 Å². The first-order valence-corrected chi connectivity index (χ1v) is 16.4. The largest absolute Gasteiger partial charge is 0.494 e. The van der Waals surface area contributed by atoms with Gasteiger partial charge in [-0.2, -0.15) is 0 Å². The maximum absolute atomic E-state index is 14.6. The molecule has 4 rings (SSSR count). The number of carbonyl (C=O) groups is 3. The van der Waals surface area contributed by atoms with E-state index in [1.165, 1.54) is 0 Å². The first kappa shape index (κ1) is 32.6. The molecule has 8 atom stereocenters. The smallest absolute Gasteiger partial charge is 0.244 e. The fourth-order valence-corrected chi connectivity index (χ4v) is 10.4. The van der Waals surface area contributed by atoms with Crippen LogP contribution in [-0.2, 0) is 14.4 Å². The van der Waals surface area contributed by atoms with Crippen molar-refractivity contribution in [1.29, 1.82) is 0 Å². The van der Waals surface area contributed by atoms with Crippen molar-refractivity contribution in [2.75, 3.05) is 18.5 Å². The van der Waals surface area contributed by atoms with Crippen LogP contribution in [0.15, 0.2) is 24.3 Å². The third-order valence-electron chi connectivity index (χ3n) is 9.45. The highest BCUT2D eigenvalue weighted by Gasteiger charge is 2.76. The average molecular weight is 602 g/mol. The number of amides is 3. The van der Waals surface area contributed by atoms with Gasteiger partial charge in [0, 0.05) is 16.5 Å². The molecule has 3 heterocycles. The topological polar surface area (TPSA) is 108 Å². The molecule has 3 amide bonds. The highest BCUT2D eigenvalue weighted by Crippen LogP contribution is 2.69. The van der Waals surface area contributed by atoms with E-state index in [0.717, 1.165) is 25.0 Å². The van der Waals surface area contributed by atoms with Gasteiger partial charge >= 0.3 is 0 Å². The van der Waals surface area contributed by atoms with Gasteiger partial charge in [0.15, 0.2) is 0 Å². The monoisotopic (exact) mass is 601 g/mol. The molecule has 1 aromatic carbocycles. The van der Waals surface area contributed by atoms with Crippen LogP contribution in [0.25, 0.3) is 0 Å². The Morgan fingerprint density at radius 1 is 1.14 bits per heavy atom. The lowest BCUT2D eigenvalue weighted by molar-refractivity contribution is -0.143. The van der Waals surface area contributed by atoms with E-state index in [4.69, 9.17) is 4.74 Å². The standard InChI is InChI=1S/C33H51N3O5S/c1-10-19(3)23(17-37)36-27(29(39)35-32(8,9)18-31(5,6)7)33-20(4)16-24(42-33)25(26(33)30(36)40)28(38)34-21-12-14-22(15-13-21)41-11-2/h12-15,19-20,23-27,37H,10-11,16-18H2,1-9H3,(H,34,38)(H,35,39)/t19-,20?,23-,24-,25+,26-,27?,33?/m0/s1. The molecule has 3 aliphatic heterocycles. The first-order chi connectivity index (χ1) is 19.6. The average Bonchev–Trinajstić information content (AvgIpc) is 3.48. The van der Waals surface area contributed by atoms with Gasteiger partial charge in [0.25, 0.3) is 0 Å². The van der Waals surface area contributed by atoms with Crippen molar-refractivity contribution >= 4 is 35.2 Å². The van der Waals surface area contributed by atoms with Gasteiger partial charge in [-0.3, -0.25) is 14.4 Å². The Morgan fingerprint density at radius 3 is 2.33 bits per heavy atom. The molecule has 3 aliphatic rings. The van der Waals surface area contributed by atoms with Crippen molar-refractivity contribution in [3.8, 4) is 5.75 Å². The number of thioether (sulfide) groups is 1. The number of anilines is 1. The highest BCUT2D eigenvalue weighted by atomic mass is 32.2. The molecule has 0 aromatic heterocycles. The van der Waals surface area contributed by atoms with Gasteiger partial charge in [0.05, 0.1) is 35.8 Å². The quantitative estimate of drug-likeness (QED) is 0.326. The van der Waals surface area contributed by atoms with Crippen LogP contribution in [0.4, 0.5) is 5.69 Å². The van der Waals surface area contributed by atoms with E-state index in [9.17, 15) is 19.5 Å². The minimum Gasteiger partial charge on any atom is -0.494 e. The molecule has 234 valence electrons. The molecular weight excluding hydrogens is 550 g/mol. The number of aliphatic hydroxyl groups excluding tert-OH is 1. The maximum atomic E-state index is 14.6. The second-order valence-corrected chi connectivity index (χ2v) is 16.0. The van der Waals surface area contributed by atoms with E-state index in [1.807, 2.05) is 58.9 Å². The summed E-state index contributed by atoms with van der Waals surface area (Å²) in [5.74, 6) is -1.00. The minimum absolute atomic E-state index is 0.00888. The Kier molecular flexibility index (Phi) is 9.35. The number of carbonyl (C=O) groups excluding carboxylic acids is 3. The molecule has 1 spiro atoms. The normalized spacial score (nSPS) is 30.2. The first-order valence-electron chi connectivity index (χ1n) is 15.6. The van der Waals surface area contributed by atoms with Gasteiger partial charge in [-0.25, -0.2) is 0 Å². The summed E-state index contributed by atoms with van der Waals surface area (Å²) >= 11 is 1.66. The van der Waals surface area contributed by atoms with Crippen molar-refractivity contribution < 1.29 is 24.2 Å². The Hall–Kier alpha value is -2.26. The van der Waals surface area contributed by atoms with Gasteiger partial charge in [-0.1, -0.05) is 48.0 Å². The van der Waals surface area contributed by atoms with Crippen LogP contribution < -0.4 is 15.4 Å². The molecule has 3 unspecified atom stereocenters. The van der Waals surface area contributed by atoms with Crippen molar-refractivity contribution in [2.45, 2.75) is 109 Å². The summed E-state index contributed by atoms with van der Waals surface area (Å²) < 4.78 is 4.79. The number of hydrogen-bond acceptors (Lipinski definition) is 6. The zero-order valence-electron chi connectivity index (χ0n) is 26.8. The number of rotatable bonds is 11. The van der Waals surface area contributed by atoms with Gasteiger partial charge < -0.3 is 25.4 Å². The van der Waals surface area contributed by atoms with Gasteiger partial charge in [-0.15, -0.1) is 11.8 Å². The lowest BCUT2D eigenvalue weighted by Crippen LogP contribution is -2.62. The predicted octanol–water partition coefficient (Wildman–Crippen LogP) is 5.10. The van der Waals surface area contributed by atoms with E-state index >= 15 is 0 Å². The molecule has 8 nitrogen and oxygen atoms in total. The fraction of sp³-hybridized carbons (Fsp3) is 0.727. The van der Waals surface area contributed by atoms with Crippen LogP contribution in [0.2, 0.25) is 0 Å². The molecule has 9 heteroatoms. The summed E-state index contributed by atoms with van der Waals surface area (Å²) in [4.78, 5) is 44.6. The second-order valence-electron chi connectivity index (χ2n) is 14.5. The van der Waals surface area contributed by atoms with Crippen LogP contribution in [0.3, 0.4) is 0 Å². The predicted molar refractivity (Wildman–Crippen MR) is 168 cm³/mol. The molecule has 0 saturated carbocycles. The molecule has 0 radical (unpaired) electrons. The van der Waals surface area contributed by atoms with Crippen molar-refractivity contribution in [3.63, 3.8) is 0 Å². The van der Waals surface area contributed by atoms with Gasteiger partial charge in [-0.05, 0) is 75.1 Å². The summed E-state index contributed by atoms with van der Waals surface area (Å²) in [6.07, 6.45) is 2.27. The lowest BCUT2D eigenvalue weighted by Gasteiger charge is -2.43. The fourth-order valence-electron chi connectivity index (χ4n) is 8.03. The molecular formula is C33H51N3O5S. The Balaban J connectivity index is 1.72. The van der Waals surface area contributed by atoms with Gasteiger partial charge in [0.1, 0.15) is 11.8 Å². The summed E-state index contributed by atoms with van der Waals surface area (Å²) in [5, 5.41) is 16.9. The SMILES string of the molecule is CCOc1ccc(NC(=O)[C@@H]2[C@@H]3CC(C)C4(S3)C(C(=O)NC(C)(C)CC(C)(C)C)N([C@@H](CO)[C@@H](C)CC)C(=O)[C@H]24)cc1. The Bertz CT molecular complexity index is 1170. The zero-order valence-corrected chi connectivity index (χ0v) is 27.6. The number of benzene rings is 1. The number of nitrogens with one attached hydrogen (secondary N) is 2. The molecule has 2 bridgehead atoms. The Labute approximate surface area is 256 Å². The van der Waals surface area contributed by atoms with Crippen molar-refractivity contribution in [1.82, 2.24) is 10.2 Å². The molecule has 3 N–H and O–H groups in total. The van der Waals surface area contributed by atoms with Gasteiger partial charge in [0.2, 0.25) is 17.7 Å². The van der Waals surface area contributed by atoms with Crippen LogP contribution in [0.1, 0.15) is 81.6 Å². The number of hydrogen-bond donors (Lipinski definition) is 3. The molecule has 3 fully saturated rings. The minimum atomic E-state index is -0.770. The summed E-state index contributed by atoms with van der Waals surface area (Å²) in [7, 11) is 0. The van der Waals surface area contributed by atoms with Crippen LogP contribution in [0, 0.1) is 29.1 Å². The Morgan fingerprint density at radius 2 is 1.79 bits per heavy atom. The molecule has 1 aromatic rings. The number of ether oxygens (including phenoxy) is 1. The van der Waals surface area contributed by atoms with Crippen LogP contribution in [0.5, 0.6) is 5.75 Å². The third-order valence-corrected chi connectivity index (χ3v) is 11.5. The molecule has 42 heavy (non-hydrogen) atoms. The van der Waals surface area contributed by atoms with E-state index < -0.39 is 34.2 Å². The number of likely N-dealkylation sites (tertiary alicyclic amines) is 1. The van der Waals surface area contributed by atoms with E-state index in [-0.39, 0.29) is 46.8 Å². The summed E-state index contributed by atoms with van der Waals surface area (Å²) in [6, 6.07) is 5.97. The van der Waals surface area contributed by atoms with Crippen LogP contribution >= 0.6 is 11.8 Å². The third kappa shape index (κ3) is 5.92. The summed E-state index contributed by atoms with van der Waals surface area (Å²) in [5.41, 5.74) is 0.135. The maximum Gasteiger partial charge on any atom is 0.244 e.